The number of aromatic nitrogens is 2. The average Bonchev–Trinajstić information content (AvgIpc) is 2.83. The van der Waals surface area contributed by atoms with E-state index in [4.69, 9.17) is 5.73 Å². The fraction of sp³-hybridized carbons (Fsp3) is 0.167. The Morgan fingerprint density at radius 2 is 2.17 bits per heavy atom. The summed E-state index contributed by atoms with van der Waals surface area (Å²) in [6, 6.07) is 10.5. The Morgan fingerprint density at radius 3 is 2.78 bits per heavy atom. The van der Waals surface area contributed by atoms with Crippen LogP contribution in [-0.2, 0) is 0 Å². The molecule has 1 atom stereocenters. The molecule has 0 aliphatic carbocycles. The topological polar surface area (TPSA) is 104 Å². The molecule has 0 aliphatic heterocycles. The number of hydrogen-bond acceptors (Lipinski definition) is 4. The SMILES string of the molecule is Nc1cc(C(=O)NCC(O)c2ccccc2)[nH]n1. The summed E-state index contributed by atoms with van der Waals surface area (Å²) in [5.41, 5.74) is 6.41. The van der Waals surface area contributed by atoms with Crippen molar-refractivity contribution in [3.05, 3.63) is 47.7 Å². The molecule has 6 heteroatoms. The van der Waals surface area contributed by atoms with Crippen LogP contribution in [0, 0.1) is 0 Å². The zero-order valence-corrected chi connectivity index (χ0v) is 9.63. The lowest BCUT2D eigenvalue weighted by Gasteiger charge is -2.11. The Bertz CT molecular complexity index is 524. The van der Waals surface area contributed by atoms with E-state index in [9.17, 15) is 9.90 Å². The molecule has 5 N–H and O–H groups in total. The first-order valence-corrected chi connectivity index (χ1v) is 5.49. The fourth-order valence-electron chi connectivity index (χ4n) is 1.53. The Kier molecular flexibility index (Phi) is 3.59. The molecule has 0 bridgehead atoms. The van der Waals surface area contributed by atoms with Gasteiger partial charge in [-0.3, -0.25) is 9.89 Å². The maximum atomic E-state index is 11.6. The van der Waals surface area contributed by atoms with E-state index in [1.54, 1.807) is 12.1 Å². The van der Waals surface area contributed by atoms with Gasteiger partial charge in [-0.2, -0.15) is 5.10 Å². The minimum absolute atomic E-state index is 0.127. The van der Waals surface area contributed by atoms with Gasteiger partial charge in [-0.25, -0.2) is 0 Å². The van der Waals surface area contributed by atoms with E-state index in [-0.39, 0.29) is 24.0 Å². The summed E-state index contributed by atoms with van der Waals surface area (Å²) in [4.78, 5) is 11.6. The zero-order chi connectivity index (χ0) is 13.0. The van der Waals surface area contributed by atoms with Gasteiger partial charge in [-0.05, 0) is 5.56 Å². The molecule has 1 heterocycles. The molecular formula is C12H14N4O2. The maximum absolute atomic E-state index is 11.6. The lowest BCUT2D eigenvalue weighted by Crippen LogP contribution is -2.28. The number of nitrogen functional groups attached to an aromatic ring is 1. The van der Waals surface area contributed by atoms with Crippen molar-refractivity contribution in [2.24, 2.45) is 0 Å². The van der Waals surface area contributed by atoms with Gasteiger partial charge >= 0.3 is 0 Å². The third-order valence-electron chi connectivity index (χ3n) is 2.48. The van der Waals surface area contributed by atoms with Crippen LogP contribution in [0.1, 0.15) is 22.2 Å². The van der Waals surface area contributed by atoms with Crippen LogP contribution in [0.15, 0.2) is 36.4 Å². The number of H-pyrrole nitrogens is 1. The van der Waals surface area contributed by atoms with Gasteiger partial charge in [-0.1, -0.05) is 30.3 Å². The number of nitrogens with zero attached hydrogens (tertiary/aromatic N) is 1. The van der Waals surface area contributed by atoms with E-state index in [1.807, 2.05) is 18.2 Å². The molecule has 94 valence electrons. The molecule has 0 saturated heterocycles. The third-order valence-corrected chi connectivity index (χ3v) is 2.48. The number of nitrogens with two attached hydrogens (primary N) is 1. The van der Waals surface area contributed by atoms with Crippen molar-refractivity contribution in [2.75, 3.05) is 12.3 Å². The Balaban J connectivity index is 1.90. The number of aliphatic hydroxyl groups is 1. The summed E-state index contributed by atoms with van der Waals surface area (Å²) in [6.45, 7) is 0.127. The van der Waals surface area contributed by atoms with Gasteiger partial charge in [-0.15, -0.1) is 0 Å². The molecule has 0 spiro atoms. The highest BCUT2D eigenvalue weighted by molar-refractivity contribution is 5.92. The second-order valence-corrected chi connectivity index (χ2v) is 3.84. The molecule has 1 aromatic carbocycles. The van der Waals surface area contributed by atoms with Crippen molar-refractivity contribution in [2.45, 2.75) is 6.10 Å². The first-order valence-electron chi connectivity index (χ1n) is 5.49. The van der Waals surface area contributed by atoms with Crippen LogP contribution in [0.5, 0.6) is 0 Å². The number of carbonyl (C=O) groups excluding carboxylic acids is 1. The number of rotatable bonds is 4. The summed E-state index contributed by atoms with van der Waals surface area (Å²) in [6.07, 6.45) is -0.740. The van der Waals surface area contributed by atoms with Crippen molar-refractivity contribution in [1.29, 1.82) is 0 Å². The van der Waals surface area contributed by atoms with E-state index < -0.39 is 6.10 Å². The lowest BCUT2D eigenvalue weighted by atomic mass is 10.1. The molecule has 2 aromatic rings. The van der Waals surface area contributed by atoms with Crippen molar-refractivity contribution in [3.8, 4) is 0 Å². The maximum Gasteiger partial charge on any atom is 0.269 e. The number of amides is 1. The number of nitrogens with one attached hydrogen (secondary N) is 2. The number of benzene rings is 1. The summed E-state index contributed by atoms with van der Waals surface area (Å²) in [7, 11) is 0. The van der Waals surface area contributed by atoms with Crippen molar-refractivity contribution >= 4 is 11.7 Å². The molecule has 2 rings (SSSR count). The number of carbonyl (C=O) groups is 1. The molecule has 0 aliphatic rings. The number of aliphatic hydroxyl groups excluding tert-OH is 1. The van der Waals surface area contributed by atoms with Crippen LogP contribution in [0.2, 0.25) is 0 Å². The van der Waals surface area contributed by atoms with E-state index in [0.717, 1.165) is 5.56 Å². The summed E-state index contributed by atoms with van der Waals surface area (Å²) in [5.74, 6) is -0.0991. The monoisotopic (exact) mass is 246 g/mol. The van der Waals surface area contributed by atoms with E-state index in [1.165, 1.54) is 6.07 Å². The van der Waals surface area contributed by atoms with Gasteiger partial charge in [0, 0.05) is 12.6 Å². The van der Waals surface area contributed by atoms with E-state index in [0.29, 0.717) is 0 Å². The number of anilines is 1. The quantitative estimate of drug-likeness (QED) is 0.629. The highest BCUT2D eigenvalue weighted by Crippen LogP contribution is 2.10. The highest BCUT2D eigenvalue weighted by atomic mass is 16.3. The smallest absolute Gasteiger partial charge is 0.269 e. The van der Waals surface area contributed by atoms with Gasteiger partial charge in [0.05, 0.1) is 6.10 Å². The second kappa shape index (κ2) is 5.33. The van der Waals surface area contributed by atoms with Crippen molar-refractivity contribution in [3.63, 3.8) is 0 Å². The van der Waals surface area contributed by atoms with Crippen molar-refractivity contribution in [1.82, 2.24) is 15.5 Å². The molecule has 0 saturated carbocycles. The Hall–Kier alpha value is -2.34. The minimum atomic E-state index is -0.740. The molecule has 18 heavy (non-hydrogen) atoms. The predicted molar refractivity (Wildman–Crippen MR) is 66.7 cm³/mol. The first kappa shape index (κ1) is 12.1. The van der Waals surface area contributed by atoms with Crippen LogP contribution >= 0.6 is 0 Å². The first-order chi connectivity index (χ1) is 8.66. The Labute approximate surface area is 104 Å². The summed E-state index contributed by atoms with van der Waals surface area (Å²) >= 11 is 0. The van der Waals surface area contributed by atoms with Crippen molar-refractivity contribution < 1.29 is 9.90 Å². The van der Waals surface area contributed by atoms with Crippen LogP contribution in [0.3, 0.4) is 0 Å². The van der Waals surface area contributed by atoms with Crippen LogP contribution in [0.4, 0.5) is 5.82 Å². The molecular weight excluding hydrogens is 232 g/mol. The molecule has 1 unspecified atom stereocenters. The van der Waals surface area contributed by atoms with Crippen LogP contribution in [0.25, 0.3) is 0 Å². The zero-order valence-electron chi connectivity index (χ0n) is 9.63. The normalized spacial score (nSPS) is 12.1. The molecule has 1 amide bonds. The average molecular weight is 246 g/mol. The minimum Gasteiger partial charge on any atom is -0.387 e. The van der Waals surface area contributed by atoms with Gasteiger partial charge in [0.25, 0.3) is 5.91 Å². The highest BCUT2D eigenvalue weighted by Gasteiger charge is 2.12. The second-order valence-electron chi connectivity index (χ2n) is 3.84. The van der Waals surface area contributed by atoms with Gasteiger partial charge < -0.3 is 16.2 Å². The predicted octanol–water partition coefficient (Wildman–Crippen LogP) is 0.455. The summed E-state index contributed by atoms with van der Waals surface area (Å²) in [5, 5.41) is 18.6. The van der Waals surface area contributed by atoms with E-state index in [2.05, 4.69) is 15.5 Å². The Morgan fingerprint density at radius 1 is 1.44 bits per heavy atom. The van der Waals surface area contributed by atoms with Crippen LogP contribution < -0.4 is 11.1 Å². The molecule has 0 radical (unpaired) electrons. The van der Waals surface area contributed by atoms with E-state index >= 15 is 0 Å². The lowest BCUT2D eigenvalue weighted by molar-refractivity contribution is 0.0911. The number of hydrogen-bond donors (Lipinski definition) is 4. The fourth-order valence-corrected chi connectivity index (χ4v) is 1.53. The molecule has 0 fully saturated rings. The molecule has 6 nitrogen and oxygen atoms in total. The molecule has 1 aromatic heterocycles. The standard InChI is InChI=1S/C12H14N4O2/c13-11-6-9(15-16-11)12(18)14-7-10(17)8-4-2-1-3-5-8/h1-6,10,17H,7H2,(H,14,18)(H3,13,15,16). The van der Waals surface area contributed by atoms with Gasteiger partial charge in [0.15, 0.2) is 0 Å². The van der Waals surface area contributed by atoms with Gasteiger partial charge in [0.1, 0.15) is 11.5 Å². The third kappa shape index (κ3) is 2.86. The largest absolute Gasteiger partial charge is 0.387 e. The van der Waals surface area contributed by atoms with Gasteiger partial charge in [0.2, 0.25) is 0 Å². The van der Waals surface area contributed by atoms with Crippen LogP contribution in [-0.4, -0.2) is 27.8 Å². The number of aromatic amines is 1. The summed E-state index contributed by atoms with van der Waals surface area (Å²) < 4.78 is 0.